The summed E-state index contributed by atoms with van der Waals surface area (Å²) in [5, 5.41) is 0. The van der Waals surface area contributed by atoms with Crippen LogP contribution in [0.25, 0.3) is 0 Å². The van der Waals surface area contributed by atoms with E-state index in [1.165, 1.54) is 13.8 Å². The zero-order valence-corrected chi connectivity index (χ0v) is 8.87. The molecule has 0 aromatic rings. The first-order valence-electron chi connectivity index (χ1n) is 4.19. The lowest BCUT2D eigenvalue weighted by Crippen LogP contribution is -2.18. The van der Waals surface area contributed by atoms with Crippen molar-refractivity contribution >= 4 is 7.37 Å². The van der Waals surface area contributed by atoms with Gasteiger partial charge in [-0.1, -0.05) is 13.8 Å². The Morgan fingerprint density at radius 1 is 1.29 bits per heavy atom. The lowest BCUT2D eigenvalue weighted by Gasteiger charge is -2.18. The summed E-state index contributed by atoms with van der Waals surface area (Å²) >= 11 is 0. The average molecular weight is 236 g/mol. The van der Waals surface area contributed by atoms with Crippen molar-refractivity contribution in [3.05, 3.63) is 0 Å². The van der Waals surface area contributed by atoms with E-state index in [1.807, 2.05) is 0 Å². The van der Waals surface area contributed by atoms with Gasteiger partial charge in [-0.3, -0.25) is 9.09 Å². The first-order valence-corrected chi connectivity index (χ1v) is 6.19. The molecule has 0 spiro atoms. The minimum absolute atomic E-state index is 0.0434. The molecule has 0 rings (SSSR count). The lowest BCUT2D eigenvalue weighted by atomic mass is 10.4. The van der Waals surface area contributed by atoms with E-state index in [4.69, 9.17) is 0 Å². The largest absolute Gasteiger partial charge is 0.394 e. The van der Waals surface area contributed by atoms with Crippen molar-refractivity contribution in [3.63, 3.8) is 0 Å². The standard InChI is InChI=1S/C7H13F4O2P/c1-3-14(12,4-2)13-6(8)5-7(9,10)11/h6H,3-5H2,1-2H3. The Labute approximate surface area is 80.1 Å². The van der Waals surface area contributed by atoms with Gasteiger partial charge in [0.05, 0.1) is 6.42 Å². The van der Waals surface area contributed by atoms with Gasteiger partial charge in [-0.05, 0) is 0 Å². The molecule has 0 saturated heterocycles. The second kappa shape index (κ2) is 5.12. The third kappa shape index (κ3) is 5.60. The monoisotopic (exact) mass is 236 g/mol. The molecule has 1 unspecified atom stereocenters. The molecule has 2 nitrogen and oxygen atoms in total. The van der Waals surface area contributed by atoms with E-state index < -0.39 is 26.3 Å². The molecular formula is C7H13F4O2P. The van der Waals surface area contributed by atoms with E-state index in [1.54, 1.807) is 0 Å². The Morgan fingerprint density at radius 3 is 2.00 bits per heavy atom. The summed E-state index contributed by atoms with van der Waals surface area (Å²) in [6.45, 7) is 2.98. The van der Waals surface area contributed by atoms with E-state index in [9.17, 15) is 22.1 Å². The summed E-state index contributed by atoms with van der Waals surface area (Å²) < 4.78 is 63.4. The predicted octanol–water partition coefficient (Wildman–Crippen LogP) is 3.57. The molecule has 0 fully saturated rings. The number of halogens is 4. The third-order valence-electron chi connectivity index (χ3n) is 1.66. The minimum atomic E-state index is -4.63. The minimum Gasteiger partial charge on any atom is -0.293 e. The van der Waals surface area contributed by atoms with Crippen LogP contribution in [0.4, 0.5) is 17.6 Å². The van der Waals surface area contributed by atoms with E-state index in [2.05, 4.69) is 4.52 Å². The number of hydrogen-bond donors (Lipinski definition) is 0. The van der Waals surface area contributed by atoms with Gasteiger partial charge in [0.15, 0.2) is 0 Å². The van der Waals surface area contributed by atoms with Crippen molar-refractivity contribution in [2.75, 3.05) is 12.3 Å². The Morgan fingerprint density at radius 2 is 1.71 bits per heavy atom. The van der Waals surface area contributed by atoms with E-state index in [-0.39, 0.29) is 12.3 Å². The highest BCUT2D eigenvalue weighted by Gasteiger charge is 2.35. The molecule has 0 aliphatic carbocycles. The fourth-order valence-corrected chi connectivity index (χ4v) is 2.04. The molecule has 0 amide bonds. The maximum atomic E-state index is 12.7. The molecule has 0 heterocycles. The summed E-state index contributed by atoms with van der Waals surface area (Å²) in [6, 6.07) is 0. The summed E-state index contributed by atoms with van der Waals surface area (Å²) in [5.74, 6) is 0. The average Bonchev–Trinajstić information content (AvgIpc) is 2.00. The number of hydrogen-bond acceptors (Lipinski definition) is 2. The fourth-order valence-electron chi connectivity index (χ4n) is 0.800. The van der Waals surface area contributed by atoms with Gasteiger partial charge in [-0.2, -0.15) is 13.2 Å². The van der Waals surface area contributed by atoms with Crippen molar-refractivity contribution in [1.29, 1.82) is 0 Å². The van der Waals surface area contributed by atoms with Crippen LogP contribution in [-0.4, -0.2) is 24.9 Å². The summed E-state index contributed by atoms with van der Waals surface area (Å²) in [6.07, 6.45) is -8.78. The molecule has 0 aromatic heterocycles. The highest BCUT2D eigenvalue weighted by atomic mass is 31.2. The number of rotatable bonds is 5. The molecule has 0 aromatic carbocycles. The molecular weight excluding hydrogens is 223 g/mol. The van der Waals surface area contributed by atoms with Crippen LogP contribution in [0.15, 0.2) is 0 Å². The molecule has 0 bridgehead atoms. The molecule has 0 aliphatic heterocycles. The van der Waals surface area contributed by atoms with Gasteiger partial charge in [0.2, 0.25) is 13.7 Å². The van der Waals surface area contributed by atoms with Gasteiger partial charge >= 0.3 is 6.18 Å². The van der Waals surface area contributed by atoms with Crippen molar-refractivity contribution in [2.45, 2.75) is 32.8 Å². The van der Waals surface area contributed by atoms with Crippen LogP contribution in [0.3, 0.4) is 0 Å². The van der Waals surface area contributed by atoms with Crippen LogP contribution in [-0.2, 0) is 9.09 Å². The molecule has 0 N–H and O–H groups in total. The Bertz CT molecular complexity index is 208. The highest BCUT2D eigenvalue weighted by molar-refractivity contribution is 7.58. The van der Waals surface area contributed by atoms with Crippen molar-refractivity contribution < 1.29 is 26.7 Å². The first kappa shape index (κ1) is 13.9. The maximum Gasteiger partial charge on any atom is 0.394 e. The maximum absolute atomic E-state index is 12.7. The highest BCUT2D eigenvalue weighted by Crippen LogP contribution is 2.48. The topological polar surface area (TPSA) is 26.3 Å². The van der Waals surface area contributed by atoms with Crippen LogP contribution in [0.2, 0.25) is 0 Å². The zero-order chi connectivity index (χ0) is 11.4. The molecule has 86 valence electrons. The van der Waals surface area contributed by atoms with Crippen molar-refractivity contribution in [2.24, 2.45) is 0 Å². The molecule has 14 heavy (non-hydrogen) atoms. The van der Waals surface area contributed by atoms with Gasteiger partial charge in [-0.15, -0.1) is 0 Å². The van der Waals surface area contributed by atoms with Gasteiger partial charge in [-0.25, -0.2) is 4.39 Å². The molecule has 7 heteroatoms. The Hall–Kier alpha value is -0.0900. The van der Waals surface area contributed by atoms with Gasteiger partial charge < -0.3 is 0 Å². The SMILES string of the molecule is CCP(=O)(CC)OC(F)CC(F)(F)F. The van der Waals surface area contributed by atoms with Crippen molar-refractivity contribution in [1.82, 2.24) is 0 Å². The van der Waals surface area contributed by atoms with Crippen LogP contribution >= 0.6 is 7.37 Å². The second-order valence-electron chi connectivity index (χ2n) is 2.78. The Balaban J connectivity index is 4.18. The molecule has 1 atom stereocenters. The van der Waals surface area contributed by atoms with Crippen LogP contribution in [0.5, 0.6) is 0 Å². The molecule has 0 radical (unpaired) electrons. The molecule has 0 aliphatic rings. The van der Waals surface area contributed by atoms with Gasteiger partial charge in [0.1, 0.15) is 0 Å². The summed E-state index contributed by atoms with van der Waals surface area (Å²) in [7, 11) is -3.20. The lowest BCUT2D eigenvalue weighted by molar-refractivity contribution is -0.165. The van der Waals surface area contributed by atoms with Crippen molar-refractivity contribution in [3.8, 4) is 0 Å². The van der Waals surface area contributed by atoms with E-state index >= 15 is 0 Å². The smallest absolute Gasteiger partial charge is 0.293 e. The van der Waals surface area contributed by atoms with E-state index in [0.717, 1.165) is 0 Å². The Kier molecular flexibility index (Phi) is 5.09. The second-order valence-corrected chi connectivity index (χ2v) is 5.89. The van der Waals surface area contributed by atoms with Crippen LogP contribution < -0.4 is 0 Å². The van der Waals surface area contributed by atoms with Crippen LogP contribution in [0, 0.1) is 0 Å². The normalized spacial score (nSPS) is 15.6. The van der Waals surface area contributed by atoms with Gasteiger partial charge in [0, 0.05) is 12.3 Å². The van der Waals surface area contributed by atoms with Gasteiger partial charge in [0.25, 0.3) is 0 Å². The van der Waals surface area contributed by atoms with Crippen LogP contribution in [0.1, 0.15) is 20.3 Å². The van der Waals surface area contributed by atoms with E-state index in [0.29, 0.717) is 0 Å². The summed E-state index contributed by atoms with van der Waals surface area (Å²) in [5.41, 5.74) is 0. The zero-order valence-electron chi connectivity index (χ0n) is 7.97. The molecule has 0 saturated carbocycles. The predicted molar refractivity (Wildman–Crippen MR) is 45.3 cm³/mol. The summed E-state index contributed by atoms with van der Waals surface area (Å²) in [4.78, 5) is 0. The number of alkyl halides is 4. The first-order chi connectivity index (χ1) is 6.22. The third-order valence-corrected chi connectivity index (χ3v) is 4.20. The fraction of sp³-hybridized carbons (Fsp3) is 1.00. The quantitative estimate of drug-likeness (QED) is 0.538.